The summed E-state index contributed by atoms with van der Waals surface area (Å²) >= 11 is -0.887. The lowest BCUT2D eigenvalue weighted by molar-refractivity contribution is 0.339. The Morgan fingerprint density at radius 2 is 2.16 bits per heavy atom. The molecular weight excluding hydrogens is 267 g/mol. The molecule has 0 aliphatic carbocycles. The summed E-state index contributed by atoms with van der Waals surface area (Å²) in [5.41, 5.74) is 0.618. The average molecular weight is 286 g/mol. The van der Waals surface area contributed by atoms with E-state index in [1.165, 1.54) is 6.07 Å². The van der Waals surface area contributed by atoms with E-state index in [0.29, 0.717) is 23.8 Å². The standard InChI is InChI=1S/C13H19FN2O2S/c1-19(17)9-8-18-11-2-3-13(12(14)10-11)16-6-4-15-5-7-16/h2-3,10,15H,4-9H2,1H3. The van der Waals surface area contributed by atoms with E-state index in [1.807, 2.05) is 4.90 Å². The molecule has 1 atom stereocenters. The largest absolute Gasteiger partial charge is 0.616 e. The molecule has 0 radical (unpaired) electrons. The maximum absolute atomic E-state index is 14.0. The van der Waals surface area contributed by atoms with Gasteiger partial charge in [0.05, 0.1) is 11.9 Å². The van der Waals surface area contributed by atoms with Crippen molar-refractivity contribution in [1.29, 1.82) is 0 Å². The third kappa shape index (κ3) is 4.26. The number of nitrogens with one attached hydrogen (secondary N) is 1. The molecule has 1 heterocycles. The van der Waals surface area contributed by atoms with Gasteiger partial charge in [0.25, 0.3) is 0 Å². The van der Waals surface area contributed by atoms with Crippen molar-refractivity contribution >= 4 is 16.9 Å². The fourth-order valence-corrected chi connectivity index (χ4v) is 2.33. The maximum atomic E-state index is 14.0. The molecule has 1 fully saturated rings. The van der Waals surface area contributed by atoms with Gasteiger partial charge in [-0.1, -0.05) is 11.2 Å². The monoisotopic (exact) mass is 286 g/mol. The zero-order valence-electron chi connectivity index (χ0n) is 11.0. The Hall–Kier alpha value is -0.980. The van der Waals surface area contributed by atoms with Crippen LogP contribution in [0, 0.1) is 5.82 Å². The molecule has 0 amide bonds. The molecule has 1 N–H and O–H groups in total. The first-order valence-electron chi connectivity index (χ1n) is 6.35. The Labute approximate surface area is 116 Å². The number of hydrogen-bond acceptors (Lipinski definition) is 4. The van der Waals surface area contributed by atoms with E-state index in [2.05, 4.69) is 5.32 Å². The Bertz CT molecular complexity index is 412. The van der Waals surface area contributed by atoms with Crippen LogP contribution in [0.15, 0.2) is 18.2 Å². The number of anilines is 1. The first kappa shape index (κ1) is 14.4. The lowest BCUT2D eigenvalue weighted by Gasteiger charge is -2.29. The third-order valence-electron chi connectivity index (χ3n) is 3.02. The molecule has 6 heteroatoms. The zero-order valence-corrected chi connectivity index (χ0v) is 11.8. The summed E-state index contributed by atoms with van der Waals surface area (Å²) in [5.74, 6) is 0.681. The molecule has 0 bridgehead atoms. The number of hydrogen-bond donors (Lipinski definition) is 1. The van der Waals surface area contributed by atoms with Crippen molar-refractivity contribution in [3.05, 3.63) is 24.0 Å². The van der Waals surface area contributed by atoms with E-state index < -0.39 is 11.2 Å². The highest BCUT2D eigenvalue weighted by molar-refractivity contribution is 7.90. The van der Waals surface area contributed by atoms with Gasteiger partial charge in [-0.15, -0.1) is 0 Å². The van der Waals surface area contributed by atoms with E-state index >= 15 is 0 Å². The predicted octanol–water partition coefficient (Wildman–Crippen LogP) is 0.993. The van der Waals surface area contributed by atoms with Gasteiger partial charge in [-0.3, -0.25) is 0 Å². The molecule has 1 aromatic rings. The number of ether oxygens (including phenoxy) is 1. The van der Waals surface area contributed by atoms with E-state index in [4.69, 9.17) is 4.74 Å². The van der Waals surface area contributed by atoms with Crippen LogP contribution in [-0.4, -0.2) is 49.3 Å². The molecule has 106 valence electrons. The first-order chi connectivity index (χ1) is 9.16. The van der Waals surface area contributed by atoms with Gasteiger partial charge in [0.15, 0.2) is 0 Å². The second-order valence-electron chi connectivity index (χ2n) is 4.48. The van der Waals surface area contributed by atoms with Gasteiger partial charge in [0, 0.05) is 32.2 Å². The number of piperazine rings is 1. The van der Waals surface area contributed by atoms with Crippen LogP contribution >= 0.6 is 0 Å². The van der Waals surface area contributed by atoms with Gasteiger partial charge in [0.1, 0.15) is 23.9 Å². The summed E-state index contributed by atoms with van der Waals surface area (Å²) in [7, 11) is 0. The van der Waals surface area contributed by atoms with Crippen LogP contribution in [-0.2, 0) is 11.2 Å². The molecule has 1 saturated heterocycles. The molecule has 1 aliphatic heterocycles. The van der Waals surface area contributed by atoms with Crippen molar-refractivity contribution in [2.24, 2.45) is 0 Å². The Morgan fingerprint density at radius 3 is 2.79 bits per heavy atom. The fraction of sp³-hybridized carbons (Fsp3) is 0.538. The first-order valence-corrected chi connectivity index (χ1v) is 8.07. The fourth-order valence-electron chi connectivity index (χ4n) is 2.02. The minimum absolute atomic E-state index is 0.267. The van der Waals surface area contributed by atoms with E-state index in [1.54, 1.807) is 18.4 Å². The molecule has 0 spiro atoms. The van der Waals surface area contributed by atoms with Crippen molar-refractivity contribution in [3.63, 3.8) is 0 Å². The average Bonchev–Trinajstić information content (AvgIpc) is 2.39. The van der Waals surface area contributed by atoms with Crippen LogP contribution in [0.2, 0.25) is 0 Å². The van der Waals surface area contributed by atoms with Crippen LogP contribution in [0.4, 0.5) is 10.1 Å². The molecule has 1 aromatic carbocycles. The summed E-state index contributed by atoms with van der Waals surface area (Å²) < 4.78 is 30.3. The molecule has 4 nitrogen and oxygen atoms in total. The van der Waals surface area contributed by atoms with Crippen molar-refractivity contribution in [2.75, 3.05) is 49.7 Å². The van der Waals surface area contributed by atoms with Gasteiger partial charge in [0.2, 0.25) is 0 Å². The smallest absolute Gasteiger partial charge is 0.150 e. The summed E-state index contributed by atoms with van der Waals surface area (Å²) in [4.78, 5) is 2.02. The van der Waals surface area contributed by atoms with E-state index in [9.17, 15) is 8.94 Å². The number of benzene rings is 1. The molecular formula is C13H19FN2O2S. The van der Waals surface area contributed by atoms with Crippen molar-refractivity contribution in [3.8, 4) is 5.75 Å². The molecule has 0 saturated carbocycles. The minimum Gasteiger partial charge on any atom is -0.616 e. The topological polar surface area (TPSA) is 47.6 Å². The lowest BCUT2D eigenvalue weighted by atomic mass is 10.2. The van der Waals surface area contributed by atoms with Crippen molar-refractivity contribution in [1.82, 2.24) is 5.32 Å². The maximum Gasteiger partial charge on any atom is 0.150 e. The molecule has 1 aliphatic rings. The zero-order chi connectivity index (χ0) is 13.7. The van der Waals surface area contributed by atoms with Crippen LogP contribution in [0.3, 0.4) is 0 Å². The normalized spacial score (nSPS) is 17.3. The summed E-state index contributed by atoms with van der Waals surface area (Å²) in [6, 6.07) is 4.91. The van der Waals surface area contributed by atoms with Gasteiger partial charge in [-0.05, 0) is 12.1 Å². The Kier molecular flexibility index (Phi) is 5.30. The van der Waals surface area contributed by atoms with Crippen molar-refractivity contribution < 1.29 is 13.7 Å². The summed E-state index contributed by atoms with van der Waals surface area (Å²) in [6.07, 6.45) is 1.62. The summed E-state index contributed by atoms with van der Waals surface area (Å²) in [6.45, 7) is 3.72. The minimum atomic E-state index is -0.887. The van der Waals surface area contributed by atoms with Crippen LogP contribution in [0.5, 0.6) is 5.75 Å². The quantitative estimate of drug-likeness (QED) is 0.820. The van der Waals surface area contributed by atoms with Crippen LogP contribution in [0.1, 0.15) is 0 Å². The molecule has 0 aromatic heterocycles. The molecule has 1 unspecified atom stereocenters. The Balaban J connectivity index is 1.96. The summed E-state index contributed by atoms with van der Waals surface area (Å²) in [5, 5.41) is 3.24. The molecule has 2 rings (SSSR count). The van der Waals surface area contributed by atoms with E-state index in [0.717, 1.165) is 26.2 Å². The molecule has 19 heavy (non-hydrogen) atoms. The van der Waals surface area contributed by atoms with E-state index in [-0.39, 0.29) is 5.82 Å². The van der Waals surface area contributed by atoms with Gasteiger partial charge in [-0.2, -0.15) is 0 Å². The van der Waals surface area contributed by atoms with Crippen LogP contribution < -0.4 is 15.0 Å². The SMILES string of the molecule is C[S+]([O-])CCOc1ccc(N2CCNCC2)c(F)c1. The highest BCUT2D eigenvalue weighted by Gasteiger charge is 2.15. The van der Waals surface area contributed by atoms with Gasteiger partial charge >= 0.3 is 0 Å². The second-order valence-corrected chi connectivity index (χ2v) is 6.03. The second kappa shape index (κ2) is 6.98. The van der Waals surface area contributed by atoms with Gasteiger partial charge < -0.3 is 19.5 Å². The third-order valence-corrected chi connectivity index (χ3v) is 3.76. The van der Waals surface area contributed by atoms with Crippen LogP contribution in [0.25, 0.3) is 0 Å². The number of halogens is 1. The van der Waals surface area contributed by atoms with Gasteiger partial charge in [-0.25, -0.2) is 4.39 Å². The number of rotatable bonds is 5. The van der Waals surface area contributed by atoms with Crippen molar-refractivity contribution in [2.45, 2.75) is 0 Å². The number of nitrogens with zero attached hydrogens (tertiary/aromatic N) is 1. The predicted molar refractivity (Wildman–Crippen MR) is 75.9 cm³/mol. The highest BCUT2D eigenvalue weighted by Crippen LogP contribution is 2.24. The highest BCUT2D eigenvalue weighted by atomic mass is 32.2. The Morgan fingerprint density at radius 1 is 1.42 bits per heavy atom. The lowest BCUT2D eigenvalue weighted by Crippen LogP contribution is -2.43.